The van der Waals surface area contributed by atoms with E-state index in [1.54, 1.807) is 4.90 Å². The fourth-order valence-electron chi connectivity index (χ4n) is 2.00. The Balaban J connectivity index is 2.24. The van der Waals surface area contributed by atoms with Crippen LogP contribution in [-0.2, 0) is 20.4 Å². The smallest absolute Gasteiger partial charge is 0.222 e. The highest BCUT2D eigenvalue weighted by Gasteiger charge is 2.32. The third-order valence-electron chi connectivity index (χ3n) is 2.91. The van der Waals surface area contributed by atoms with Crippen LogP contribution in [0.25, 0.3) is 0 Å². The zero-order chi connectivity index (χ0) is 14.7. The summed E-state index contributed by atoms with van der Waals surface area (Å²) in [6.45, 7) is 0.613. The molecule has 7 nitrogen and oxygen atoms in total. The number of hydrogen-bond acceptors (Lipinski definition) is 6. The van der Waals surface area contributed by atoms with Crippen molar-refractivity contribution >= 4 is 28.6 Å². The quantitative estimate of drug-likeness (QED) is 0.498. The summed E-state index contributed by atoms with van der Waals surface area (Å²) in [6.07, 6.45) is -0.519. The van der Waals surface area contributed by atoms with Crippen LogP contribution < -0.4 is 15.4 Å². The highest BCUT2D eigenvalue weighted by atomic mass is 32.2. The Bertz CT molecular complexity index is 573. The van der Waals surface area contributed by atoms with Gasteiger partial charge in [-0.25, -0.2) is 12.8 Å². The van der Waals surface area contributed by atoms with Gasteiger partial charge >= 0.3 is 0 Å². The van der Waals surface area contributed by atoms with Gasteiger partial charge in [-0.1, -0.05) is 0 Å². The topological polar surface area (TPSA) is 102 Å². The van der Waals surface area contributed by atoms with Gasteiger partial charge in [0.25, 0.3) is 0 Å². The molecule has 9 heteroatoms. The molecule has 0 amide bonds. The number of nitrogens with zero attached hydrogens (tertiary/aromatic N) is 1. The molecule has 1 saturated heterocycles. The van der Waals surface area contributed by atoms with Crippen molar-refractivity contribution < 1.29 is 22.3 Å². The Morgan fingerprint density at radius 1 is 1.55 bits per heavy atom. The lowest BCUT2D eigenvalue weighted by Crippen LogP contribution is -2.31. The van der Waals surface area contributed by atoms with Gasteiger partial charge in [0.15, 0.2) is 12.5 Å². The molecular weight excluding hydrogens is 289 g/mol. The Morgan fingerprint density at radius 2 is 2.30 bits per heavy atom. The second-order valence-electron chi connectivity index (χ2n) is 4.21. The van der Waals surface area contributed by atoms with Gasteiger partial charge in [0.1, 0.15) is 5.82 Å². The van der Waals surface area contributed by atoms with Crippen LogP contribution in [0.1, 0.15) is 0 Å². The maximum Gasteiger partial charge on any atom is 0.222 e. The first-order valence-electron chi connectivity index (χ1n) is 5.83. The van der Waals surface area contributed by atoms with E-state index in [-0.39, 0.29) is 18.3 Å². The zero-order valence-electron chi connectivity index (χ0n) is 10.4. The van der Waals surface area contributed by atoms with Crippen molar-refractivity contribution in [2.75, 3.05) is 22.7 Å². The molecule has 1 heterocycles. The number of hydrogen-bond donors (Lipinski definition) is 3. The fourth-order valence-corrected chi connectivity index (χ4v) is 2.37. The number of ether oxygens (including phenoxy) is 1. The molecule has 0 aliphatic carbocycles. The molecule has 1 aliphatic rings. The molecular formula is C11H14FN3O4S. The number of thiol groups is 1. The lowest BCUT2D eigenvalue weighted by atomic mass is 10.2. The minimum absolute atomic E-state index is 0.150. The zero-order valence-corrected chi connectivity index (χ0v) is 11.3. The van der Waals surface area contributed by atoms with Crippen LogP contribution in [0.5, 0.6) is 0 Å². The van der Waals surface area contributed by atoms with E-state index in [0.717, 1.165) is 6.07 Å². The lowest BCUT2D eigenvalue weighted by molar-refractivity contribution is -0.117. The normalized spacial score (nSPS) is 22.2. The summed E-state index contributed by atoms with van der Waals surface area (Å²) in [7, 11) is -2.94. The largest absolute Gasteiger partial charge is 0.345 e. The number of nitrogens with two attached hydrogens (primary N) is 1. The van der Waals surface area contributed by atoms with Gasteiger partial charge in [-0.05, 0) is 18.2 Å². The molecule has 1 aromatic carbocycles. The van der Waals surface area contributed by atoms with E-state index in [1.165, 1.54) is 12.1 Å². The summed E-state index contributed by atoms with van der Waals surface area (Å²) in [5.74, 6) is -0.734. The first-order valence-corrected chi connectivity index (χ1v) is 7.01. The number of rotatable bonds is 5. The second kappa shape index (κ2) is 6.16. The number of nitrogens with one attached hydrogen (secondary N) is 1. The van der Waals surface area contributed by atoms with Crippen molar-refractivity contribution in [3.8, 4) is 0 Å². The summed E-state index contributed by atoms with van der Waals surface area (Å²) >= 11 is 0. The lowest BCUT2D eigenvalue weighted by Gasteiger charge is -2.21. The minimum atomic E-state index is -2.94. The van der Waals surface area contributed by atoms with Crippen molar-refractivity contribution in [3.63, 3.8) is 0 Å². The van der Waals surface area contributed by atoms with Gasteiger partial charge in [-0.15, -0.1) is 0 Å². The molecule has 0 spiro atoms. The molecule has 110 valence electrons. The molecule has 0 radical (unpaired) electrons. The maximum atomic E-state index is 13.8. The van der Waals surface area contributed by atoms with Crippen molar-refractivity contribution in [1.82, 2.24) is 0 Å². The summed E-state index contributed by atoms with van der Waals surface area (Å²) in [4.78, 5) is 12.5. The minimum Gasteiger partial charge on any atom is -0.345 e. The predicted octanol–water partition coefficient (Wildman–Crippen LogP) is -0.547. The summed E-state index contributed by atoms with van der Waals surface area (Å²) in [5.41, 5.74) is 5.75. The summed E-state index contributed by atoms with van der Waals surface area (Å²) in [6, 6.07) is 3.93. The Kier molecular flexibility index (Phi) is 4.53. The fraction of sp³-hybridized carbons (Fsp3) is 0.364. The molecule has 0 aromatic heterocycles. The van der Waals surface area contributed by atoms with E-state index >= 15 is 0 Å². The average molecular weight is 303 g/mol. The molecule has 0 bridgehead atoms. The maximum absolute atomic E-state index is 13.8. The van der Waals surface area contributed by atoms with Gasteiger partial charge in [-0.2, -0.15) is 0 Å². The van der Waals surface area contributed by atoms with Crippen LogP contribution in [0.4, 0.5) is 15.8 Å². The van der Waals surface area contributed by atoms with Gasteiger partial charge in [0.05, 0.1) is 11.8 Å². The Hall–Kier alpha value is -1.71. The van der Waals surface area contributed by atoms with Crippen LogP contribution in [-0.4, -0.2) is 40.1 Å². The van der Waals surface area contributed by atoms with Crippen molar-refractivity contribution in [3.05, 3.63) is 24.0 Å². The van der Waals surface area contributed by atoms with Crippen molar-refractivity contribution in [2.45, 2.75) is 12.3 Å². The first-order chi connectivity index (χ1) is 9.55. The number of carbonyl (C=O) groups excluding carboxylic acids is 1. The molecule has 1 aliphatic heterocycles. The number of benzene rings is 1. The number of halogens is 1. The van der Waals surface area contributed by atoms with E-state index in [9.17, 15) is 17.6 Å². The third-order valence-corrected chi connectivity index (χ3v) is 3.34. The van der Waals surface area contributed by atoms with E-state index in [4.69, 9.17) is 10.5 Å². The average Bonchev–Trinajstić information content (AvgIpc) is 2.84. The molecule has 0 saturated carbocycles. The van der Waals surface area contributed by atoms with Crippen LogP contribution in [0.15, 0.2) is 18.2 Å². The number of anilines is 2. The van der Waals surface area contributed by atoms with Gasteiger partial charge in [0, 0.05) is 18.8 Å². The third kappa shape index (κ3) is 3.06. The monoisotopic (exact) mass is 303 g/mol. The van der Waals surface area contributed by atoms with Crippen LogP contribution in [0.3, 0.4) is 0 Å². The SMILES string of the molecule is NC[C@H]1CN(c2ccc(N[SH](=O)=O)c(F)c2)C(C=O)O1. The Labute approximate surface area is 116 Å². The summed E-state index contributed by atoms with van der Waals surface area (Å²) in [5, 5.41) is 0. The highest BCUT2D eigenvalue weighted by molar-refractivity contribution is 7.73. The molecule has 1 aromatic rings. The van der Waals surface area contributed by atoms with E-state index in [2.05, 4.69) is 0 Å². The van der Waals surface area contributed by atoms with Crippen LogP contribution in [0.2, 0.25) is 0 Å². The van der Waals surface area contributed by atoms with Gasteiger partial charge in [-0.3, -0.25) is 9.52 Å². The van der Waals surface area contributed by atoms with Crippen molar-refractivity contribution in [2.24, 2.45) is 5.73 Å². The molecule has 3 N–H and O–H groups in total. The highest BCUT2D eigenvalue weighted by Crippen LogP contribution is 2.27. The number of carbonyl (C=O) groups is 1. The Morgan fingerprint density at radius 3 is 2.85 bits per heavy atom. The second-order valence-corrected chi connectivity index (χ2v) is 4.94. The summed E-state index contributed by atoms with van der Waals surface area (Å²) < 4.78 is 42.1. The molecule has 1 unspecified atom stereocenters. The van der Waals surface area contributed by atoms with E-state index in [0.29, 0.717) is 18.5 Å². The first kappa shape index (κ1) is 14.7. The molecule has 20 heavy (non-hydrogen) atoms. The molecule has 2 atom stereocenters. The molecule has 1 fully saturated rings. The number of aldehydes is 1. The standard InChI is InChI=1S/C11H14FN3O4S/c12-9-3-7(1-2-10(9)14-20(17)18)15-5-8(4-13)19-11(15)6-16/h1-3,6,8,11,20H,4-5,13H2,(H,14,17,18)/t8-,11?/m0/s1. The predicted molar refractivity (Wildman–Crippen MR) is 71.5 cm³/mol. The van der Waals surface area contributed by atoms with Crippen LogP contribution >= 0.6 is 0 Å². The van der Waals surface area contributed by atoms with E-state index < -0.39 is 22.9 Å². The van der Waals surface area contributed by atoms with E-state index in [1.807, 2.05) is 4.72 Å². The van der Waals surface area contributed by atoms with Gasteiger partial charge < -0.3 is 15.4 Å². The molecule has 2 rings (SSSR count). The van der Waals surface area contributed by atoms with Crippen LogP contribution in [0, 0.1) is 5.82 Å². The van der Waals surface area contributed by atoms with Gasteiger partial charge in [0.2, 0.25) is 10.9 Å². The van der Waals surface area contributed by atoms with Crippen molar-refractivity contribution in [1.29, 1.82) is 0 Å².